The molecular formula is C17H26N6O2. The molecule has 3 rings (SSSR count). The Kier molecular flexibility index (Phi) is 5.47. The molecule has 1 saturated heterocycles. The first kappa shape index (κ1) is 17.6. The Bertz CT molecular complexity index is 723. The number of ether oxygens (including phenoxy) is 1. The molecule has 0 unspecified atom stereocenters. The number of aryl methyl sites for hydroxylation is 1. The number of methoxy groups -OCH3 is 1. The van der Waals surface area contributed by atoms with Crippen LogP contribution in [0.25, 0.3) is 0 Å². The van der Waals surface area contributed by atoms with E-state index in [1.807, 2.05) is 25.1 Å². The zero-order valence-corrected chi connectivity index (χ0v) is 15.2. The van der Waals surface area contributed by atoms with Crippen molar-refractivity contribution in [2.45, 2.75) is 38.6 Å². The van der Waals surface area contributed by atoms with Crippen LogP contribution in [-0.4, -0.2) is 61.9 Å². The zero-order valence-electron chi connectivity index (χ0n) is 15.2. The highest BCUT2D eigenvalue weighted by Crippen LogP contribution is 2.26. The number of hydrogen-bond acceptors (Lipinski definition) is 5. The third-order valence-corrected chi connectivity index (χ3v) is 4.89. The van der Waals surface area contributed by atoms with Gasteiger partial charge in [0.05, 0.1) is 19.6 Å². The molecule has 0 radical (unpaired) electrons. The van der Waals surface area contributed by atoms with E-state index in [0.717, 1.165) is 36.9 Å². The van der Waals surface area contributed by atoms with E-state index in [1.54, 1.807) is 13.3 Å². The van der Waals surface area contributed by atoms with Gasteiger partial charge in [0.25, 0.3) is 0 Å². The first-order chi connectivity index (χ1) is 12.1. The lowest BCUT2D eigenvalue weighted by atomic mass is 9.97. The van der Waals surface area contributed by atoms with Crippen LogP contribution in [0.3, 0.4) is 0 Å². The molecule has 1 fully saturated rings. The molecule has 25 heavy (non-hydrogen) atoms. The summed E-state index contributed by atoms with van der Waals surface area (Å²) in [6.45, 7) is 4.62. The summed E-state index contributed by atoms with van der Waals surface area (Å²) in [5.74, 6) is 3.20. The largest absolute Gasteiger partial charge is 0.384 e. The molecule has 136 valence electrons. The highest BCUT2D eigenvalue weighted by Gasteiger charge is 2.28. The number of amides is 1. The Hall–Kier alpha value is -2.22. The number of hydrogen-bond donors (Lipinski definition) is 0. The van der Waals surface area contributed by atoms with Crippen LogP contribution < -0.4 is 0 Å². The van der Waals surface area contributed by atoms with Gasteiger partial charge in [0.15, 0.2) is 5.82 Å². The molecule has 0 saturated carbocycles. The van der Waals surface area contributed by atoms with E-state index < -0.39 is 0 Å². The van der Waals surface area contributed by atoms with Crippen LogP contribution in [0, 0.1) is 6.92 Å². The smallest absolute Gasteiger partial charge is 0.224 e. The quantitative estimate of drug-likeness (QED) is 0.783. The molecule has 1 aliphatic heterocycles. The summed E-state index contributed by atoms with van der Waals surface area (Å²) in [5.41, 5.74) is 0. The fourth-order valence-electron chi connectivity index (χ4n) is 3.35. The lowest BCUT2D eigenvalue weighted by Gasteiger charge is -2.32. The van der Waals surface area contributed by atoms with Gasteiger partial charge in [-0.05, 0) is 19.8 Å². The summed E-state index contributed by atoms with van der Waals surface area (Å²) in [7, 11) is 3.62. The molecule has 0 spiro atoms. The van der Waals surface area contributed by atoms with Gasteiger partial charge in [-0.1, -0.05) is 0 Å². The minimum absolute atomic E-state index is 0.156. The van der Waals surface area contributed by atoms with Gasteiger partial charge in [0, 0.05) is 45.6 Å². The maximum atomic E-state index is 12.3. The fraction of sp³-hybridized carbons (Fsp3) is 0.647. The van der Waals surface area contributed by atoms with E-state index in [-0.39, 0.29) is 11.8 Å². The van der Waals surface area contributed by atoms with Crippen LogP contribution in [-0.2, 0) is 23.1 Å². The SMILES string of the molecule is COCCC(=O)N1CCC[C@@H](c2nnc(Cn3ccnc3C)n2C)C1. The number of nitrogens with zero attached hydrogens (tertiary/aromatic N) is 6. The van der Waals surface area contributed by atoms with Crippen molar-refractivity contribution in [2.24, 2.45) is 7.05 Å². The maximum absolute atomic E-state index is 12.3. The van der Waals surface area contributed by atoms with E-state index in [4.69, 9.17) is 4.74 Å². The van der Waals surface area contributed by atoms with Crippen molar-refractivity contribution in [3.8, 4) is 0 Å². The summed E-state index contributed by atoms with van der Waals surface area (Å²) in [4.78, 5) is 18.4. The molecule has 8 heteroatoms. The number of aromatic nitrogens is 5. The number of carbonyl (C=O) groups is 1. The van der Waals surface area contributed by atoms with Crippen molar-refractivity contribution in [3.05, 3.63) is 29.9 Å². The van der Waals surface area contributed by atoms with Crippen LogP contribution in [0.5, 0.6) is 0 Å². The highest BCUT2D eigenvalue weighted by molar-refractivity contribution is 5.76. The van der Waals surface area contributed by atoms with E-state index in [0.29, 0.717) is 26.1 Å². The number of carbonyl (C=O) groups excluding carboxylic acids is 1. The molecule has 2 aromatic heterocycles. The van der Waals surface area contributed by atoms with Gasteiger partial charge in [0.1, 0.15) is 11.6 Å². The Labute approximate surface area is 147 Å². The van der Waals surface area contributed by atoms with Gasteiger partial charge < -0.3 is 18.8 Å². The molecule has 1 atom stereocenters. The van der Waals surface area contributed by atoms with Crippen LogP contribution in [0.2, 0.25) is 0 Å². The molecule has 0 N–H and O–H groups in total. The predicted octanol–water partition coefficient (Wildman–Crippen LogP) is 1.11. The predicted molar refractivity (Wildman–Crippen MR) is 92.1 cm³/mol. The van der Waals surface area contributed by atoms with Crippen molar-refractivity contribution in [1.29, 1.82) is 0 Å². The first-order valence-electron chi connectivity index (χ1n) is 8.72. The number of piperidine rings is 1. The van der Waals surface area contributed by atoms with Crippen LogP contribution >= 0.6 is 0 Å². The average molecular weight is 346 g/mol. The molecule has 3 heterocycles. The van der Waals surface area contributed by atoms with Gasteiger partial charge in [-0.3, -0.25) is 4.79 Å². The fourth-order valence-corrected chi connectivity index (χ4v) is 3.35. The Morgan fingerprint density at radius 2 is 2.24 bits per heavy atom. The second-order valence-electron chi connectivity index (χ2n) is 6.56. The van der Waals surface area contributed by atoms with E-state index in [2.05, 4.69) is 24.3 Å². The number of likely N-dealkylation sites (tertiary alicyclic amines) is 1. The first-order valence-corrected chi connectivity index (χ1v) is 8.72. The van der Waals surface area contributed by atoms with Gasteiger partial charge >= 0.3 is 0 Å². The highest BCUT2D eigenvalue weighted by atomic mass is 16.5. The Balaban J connectivity index is 1.69. The second-order valence-corrected chi connectivity index (χ2v) is 6.56. The van der Waals surface area contributed by atoms with Gasteiger partial charge in [-0.25, -0.2) is 4.98 Å². The van der Waals surface area contributed by atoms with Crippen LogP contribution in [0.15, 0.2) is 12.4 Å². The van der Waals surface area contributed by atoms with Crippen LogP contribution in [0.4, 0.5) is 0 Å². The van der Waals surface area contributed by atoms with E-state index in [9.17, 15) is 4.79 Å². The molecule has 1 amide bonds. The molecule has 2 aromatic rings. The summed E-state index contributed by atoms with van der Waals surface area (Å²) in [6, 6.07) is 0. The van der Waals surface area contributed by atoms with Crippen LogP contribution in [0.1, 0.15) is 42.7 Å². The normalized spacial score (nSPS) is 17.9. The van der Waals surface area contributed by atoms with Crippen molar-refractivity contribution in [1.82, 2.24) is 29.2 Å². The second kappa shape index (κ2) is 7.77. The number of rotatable bonds is 6. The van der Waals surface area contributed by atoms with Gasteiger partial charge in [0.2, 0.25) is 5.91 Å². The number of imidazole rings is 1. The topological polar surface area (TPSA) is 78.1 Å². The van der Waals surface area contributed by atoms with Gasteiger partial charge in [-0.2, -0.15) is 0 Å². The van der Waals surface area contributed by atoms with E-state index in [1.165, 1.54) is 0 Å². The molecule has 0 aliphatic carbocycles. The molecule has 0 aromatic carbocycles. The third kappa shape index (κ3) is 3.89. The van der Waals surface area contributed by atoms with E-state index >= 15 is 0 Å². The molecule has 1 aliphatic rings. The third-order valence-electron chi connectivity index (χ3n) is 4.89. The average Bonchev–Trinajstić information content (AvgIpc) is 3.19. The minimum atomic E-state index is 0.156. The maximum Gasteiger partial charge on any atom is 0.224 e. The lowest BCUT2D eigenvalue weighted by molar-refractivity contribution is -0.133. The summed E-state index contributed by atoms with van der Waals surface area (Å²) in [6.07, 6.45) is 6.20. The Morgan fingerprint density at radius 3 is 2.96 bits per heavy atom. The van der Waals surface area contributed by atoms with Crippen molar-refractivity contribution < 1.29 is 9.53 Å². The summed E-state index contributed by atoms with van der Waals surface area (Å²) in [5, 5.41) is 8.79. The lowest BCUT2D eigenvalue weighted by Crippen LogP contribution is -2.40. The standard InChI is InChI=1S/C17H26N6O2/c1-13-18-7-9-22(13)12-15-19-20-17(21(15)2)14-5-4-8-23(11-14)16(24)6-10-25-3/h7,9,14H,4-6,8,10-12H2,1-3H3/t14-/m1/s1. The van der Waals surface area contributed by atoms with Crippen molar-refractivity contribution in [3.63, 3.8) is 0 Å². The molecular weight excluding hydrogens is 320 g/mol. The molecule has 0 bridgehead atoms. The monoisotopic (exact) mass is 346 g/mol. The minimum Gasteiger partial charge on any atom is -0.384 e. The zero-order chi connectivity index (χ0) is 17.8. The molecule has 8 nitrogen and oxygen atoms in total. The van der Waals surface area contributed by atoms with Crippen molar-refractivity contribution >= 4 is 5.91 Å². The van der Waals surface area contributed by atoms with Gasteiger partial charge in [-0.15, -0.1) is 10.2 Å². The Morgan fingerprint density at radius 1 is 1.40 bits per heavy atom. The summed E-state index contributed by atoms with van der Waals surface area (Å²) >= 11 is 0. The van der Waals surface area contributed by atoms with Crippen molar-refractivity contribution in [2.75, 3.05) is 26.8 Å². The summed E-state index contributed by atoms with van der Waals surface area (Å²) < 4.78 is 9.13.